The molecule has 2 heteroatoms. The molecule has 2 rings (SSSR count). The Bertz CT molecular complexity index is 405. The van der Waals surface area contributed by atoms with Crippen molar-refractivity contribution >= 4 is 17.3 Å². The molecule has 0 atom stereocenters. The second-order valence-electron chi connectivity index (χ2n) is 5.71. The lowest BCUT2D eigenvalue weighted by Gasteiger charge is -2.32. The largest absolute Gasteiger partial charge is 0.501 e. The van der Waals surface area contributed by atoms with Gasteiger partial charge in [0, 0.05) is 0 Å². The Kier molecular flexibility index (Phi) is 5.38. The van der Waals surface area contributed by atoms with Gasteiger partial charge >= 0.3 is 0 Å². The molecule has 1 saturated heterocycles. The molecule has 1 heterocycles. The van der Waals surface area contributed by atoms with Gasteiger partial charge in [-0.2, -0.15) is 11.8 Å². The lowest BCUT2D eigenvalue weighted by molar-refractivity contribution is 0.168. The van der Waals surface area contributed by atoms with Crippen LogP contribution in [0.25, 0.3) is 5.57 Å². The van der Waals surface area contributed by atoms with E-state index in [2.05, 4.69) is 49.9 Å². The average molecular weight is 276 g/mol. The summed E-state index contributed by atoms with van der Waals surface area (Å²) < 4.78 is 5.75. The molecule has 0 spiro atoms. The maximum absolute atomic E-state index is 5.75. The van der Waals surface area contributed by atoms with Crippen LogP contribution in [0.2, 0.25) is 0 Å². The van der Waals surface area contributed by atoms with Crippen molar-refractivity contribution in [3.8, 4) is 0 Å². The molecule has 1 fully saturated rings. The summed E-state index contributed by atoms with van der Waals surface area (Å²) in [6, 6.07) is 10.4. The van der Waals surface area contributed by atoms with E-state index < -0.39 is 0 Å². The normalized spacial score (nSPS) is 19.2. The molecule has 1 nitrogen and oxygen atoms in total. The van der Waals surface area contributed by atoms with Crippen LogP contribution in [0, 0.1) is 5.41 Å². The fourth-order valence-corrected chi connectivity index (χ4v) is 3.85. The van der Waals surface area contributed by atoms with Crippen molar-refractivity contribution in [2.75, 3.05) is 18.1 Å². The van der Waals surface area contributed by atoms with Crippen LogP contribution >= 0.6 is 11.8 Å². The lowest BCUT2D eigenvalue weighted by atomic mass is 9.81. The zero-order chi connectivity index (χ0) is 13.6. The van der Waals surface area contributed by atoms with Crippen LogP contribution in [0.3, 0.4) is 0 Å². The van der Waals surface area contributed by atoms with E-state index in [9.17, 15) is 0 Å². The molecule has 0 aromatic heterocycles. The fourth-order valence-electron chi connectivity index (χ4n) is 2.37. The smallest absolute Gasteiger partial charge is 0.0878 e. The first-order chi connectivity index (χ1) is 9.20. The summed E-state index contributed by atoms with van der Waals surface area (Å²) in [6.45, 7) is 5.35. The predicted molar refractivity (Wildman–Crippen MR) is 85.3 cm³/mol. The SMILES string of the molecule is C/C(=C/OCCC1(C)CCSCC1)c1ccccc1. The minimum absolute atomic E-state index is 0.500. The Morgan fingerprint density at radius 2 is 1.95 bits per heavy atom. The van der Waals surface area contributed by atoms with E-state index in [-0.39, 0.29) is 0 Å². The minimum atomic E-state index is 0.500. The highest BCUT2D eigenvalue weighted by Crippen LogP contribution is 2.37. The van der Waals surface area contributed by atoms with Crippen LogP contribution in [0.15, 0.2) is 36.6 Å². The molecule has 1 aliphatic heterocycles. The first-order valence-electron chi connectivity index (χ1n) is 7.11. The standard InChI is InChI=1S/C17H24OS/c1-15(16-6-4-3-5-7-16)14-18-11-8-17(2)9-12-19-13-10-17/h3-7,14H,8-13H2,1-2H3/b15-14-. The van der Waals surface area contributed by atoms with Gasteiger partial charge in [-0.1, -0.05) is 37.3 Å². The third-order valence-corrected chi connectivity index (χ3v) is 5.00. The van der Waals surface area contributed by atoms with Crippen LogP contribution in [0.4, 0.5) is 0 Å². The molecule has 0 unspecified atom stereocenters. The molecule has 1 aliphatic rings. The summed E-state index contributed by atoms with van der Waals surface area (Å²) in [6.07, 6.45) is 5.76. The number of thioether (sulfide) groups is 1. The molecule has 0 amide bonds. The van der Waals surface area contributed by atoms with Crippen molar-refractivity contribution in [2.45, 2.75) is 33.1 Å². The van der Waals surface area contributed by atoms with Crippen LogP contribution in [0.1, 0.15) is 38.7 Å². The van der Waals surface area contributed by atoms with Crippen molar-refractivity contribution in [1.29, 1.82) is 0 Å². The third kappa shape index (κ3) is 4.61. The van der Waals surface area contributed by atoms with Crippen LogP contribution < -0.4 is 0 Å². The van der Waals surface area contributed by atoms with E-state index in [0.29, 0.717) is 5.41 Å². The summed E-state index contributed by atoms with van der Waals surface area (Å²) in [5, 5.41) is 0. The van der Waals surface area contributed by atoms with Crippen LogP contribution in [-0.4, -0.2) is 18.1 Å². The number of rotatable bonds is 5. The molecular formula is C17H24OS. The average Bonchev–Trinajstić information content (AvgIpc) is 2.45. The van der Waals surface area contributed by atoms with Gasteiger partial charge in [0.05, 0.1) is 12.9 Å². The van der Waals surface area contributed by atoms with E-state index in [1.165, 1.54) is 41.9 Å². The van der Waals surface area contributed by atoms with Gasteiger partial charge in [-0.25, -0.2) is 0 Å². The van der Waals surface area contributed by atoms with Gasteiger partial charge in [-0.3, -0.25) is 0 Å². The van der Waals surface area contributed by atoms with E-state index >= 15 is 0 Å². The summed E-state index contributed by atoms with van der Waals surface area (Å²) in [4.78, 5) is 0. The summed E-state index contributed by atoms with van der Waals surface area (Å²) in [5.74, 6) is 2.63. The highest BCUT2D eigenvalue weighted by atomic mass is 32.2. The Morgan fingerprint density at radius 3 is 2.63 bits per heavy atom. The molecule has 0 N–H and O–H groups in total. The van der Waals surface area contributed by atoms with Crippen LogP contribution in [0.5, 0.6) is 0 Å². The Balaban J connectivity index is 1.77. The van der Waals surface area contributed by atoms with Gasteiger partial charge in [0.1, 0.15) is 0 Å². The highest BCUT2D eigenvalue weighted by molar-refractivity contribution is 7.99. The van der Waals surface area contributed by atoms with Crippen molar-refractivity contribution in [1.82, 2.24) is 0 Å². The van der Waals surface area contributed by atoms with Gasteiger partial charge in [0.2, 0.25) is 0 Å². The molecule has 1 aromatic rings. The Morgan fingerprint density at radius 1 is 1.26 bits per heavy atom. The van der Waals surface area contributed by atoms with E-state index in [0.717, 1.165) is 6.61 Å². The molecule has 0 bridgehead atoms. The van der Waals surface area contributed by atoms with Gasteiger partial charge < -0.3 is 4.74 Å². The molecule has 0 aliphatic carbocycles. The summed E-state index contributed by atoms with van der Waals surface area (Å²) in [5.41, 5.74) is 2.94. The summed E-state index contributed by atoms with van der Waals surface area (Å²) >= 11 is 2.09. The molecule has 0 saturated carbocycles. The topological polar surface area (TPSA) is 9.23 Å². The quantitative estimate of drug-likeness (QED) is 0.553. The zero-order valence-corrected chi connectivity index (χ0v) is 12.8. The number of benzene rings is 1. The Labute approximate surface area is 121 Å². The first-order valence-corrected chi connectivity index (χ1v) is 8.27. The van der Waals surface area contributed by atoms with Crippen molar-refractivity contribution in [2.24, 2.45) is 5.41 Å². The first kappa shape index (κ1) is 14.5. The number of hydrogen-bond donors (Lipinski definition) is 0. The monoisotopic (exact) mass is 276 g/mol. The number of allylic oxidation sites excluding steroid dienone is 1. The fraction of sp³-hybridized carbons (Fsp3) is 0.529. The second kappa shape index (κ2) is 7.04. The van der Waals surface area contributed by atoms with Gasteiger partial charge in [0.15, 0.2) is 0 Å². The van der Waals surface area contributed by atoms with E-state index in [1.807, 2.05) is 12.3 Å². The molecule has 0 radical (unpaired) electrons. The molecule has 1 aromatic carbocycles. The predicted octanol–water partition coefficient (Wildman–Crippen LogP) is 4.99. The molecule has 19 heavy (non-hydrogen) atoms. The summed E-state index contributed by atoms with van der Waals surface area (Å²) in [7, 11) is 0. The minimum Gasteiger partial charge on any atom is -0.501 e. The maximum atomic E-state index is 5.75. The highest BCUT2D eigenvalue weighted by Gasteiger charge is 2.26. The van der Waals surface area contributed by atoms with Crippen molar-refractivity contribution in [3.05, 3.63) is 42.2 Å². The van der Waals surface area contributed by atoms with E-state index in [4.69, 9.17) is 4.74 Å². The second-order valence-corrected chi connectivity index (χ2v) is 6.94. The van der Waals surface area contributed by atoms with Crippen LogP contribution in [-0.2, 0) is 4.74 Å². The number of ether oxygens (including phenoxy) is 1. The third-order valence-electron chi connectivity index (χ3n) is 4.01. The molecular weight excluding hydrogens is 252 g/mol. The van der Waals surface area contributed by atoms with Crippen molar-refractivity contribution in [3.63, 3.8) is 0 Å². The maximum Gasteiger partial charge on any atom is 0.0878 e. The lowest BCUT2D eigenvalue weighted by Crippen LogP contribution is -2.24. The Hall–Kier alpha value is -0.890. The van der Waals surface area contributed by atoms with Gasteiger partial charge in [-0.05, 0) is 54.2 Å². The number of hydrogen-bond acceptors (Lipinski definition) is 2. The van der Waals surface area contributed by atoms with Crippen molar-refractivity contribution < 1.29 is 4.74 Å². The van der Waals surface area contributed by atoms with E-state index in [1.54, 1.807) is 0 Å². The van der Waals surface area contributed by atoms with Gasteiger partial charge in [-0.15, -0.1) is 0 Å². The zero-order valence-electron chi connectivity index (χ0n) is 12.0. The molecule has 104 valence electrons. The van der Waals surface area contributed by atoms with Gasteiger partial charge in [0.25, 0.3) is 0 Å².